The molecule has 1 unspecified atom stereocenters. The molecule has 1 aliphatic heterocycles. The second kappa shape index (κ2) is 3.96. The van der Waals surface area contributed by atoms with E-state index in [1.165, 1.54) is 11.8 Å². The lowest BCUT2D eigenvalue weighted by Crippen LogP contribution is -2.37. The Hall–Kier alpha value is -1.68. The molecule has 1 heterocycles. The van der Waals surface area contributed by atoms with Gasteiger partial charge in [0.15, 0.2) is 0 Å². The van der Waals surface area contributed by atoms with E-state index in [1.54, 1.807) is 0 Å². The van der Waals surface area contributed by atoms with Crippen molar-refractivity contribution in [2.24, 2.45) is 0 Å². The van der Waals surface area contributed by atoms with Crippen molar-refractivity contribution in [2.45, 2.75) is 19.9 Å². The highest BCUT2D eigenvalue weighted by Gasteiger charge is 2.40. The molecule has 0 bridgehead atoms. The maximum atomic E-state index is 12.2. The van der Waals surface area contributed by atoms with Crippen LogP contribution in [0.3, 0.4) is 0 Å². The number of amides is 2. The number of benzene rings is 1. The number of rotatable bonds is 1. The summed E-state index contributed by atoms with van der Waals surface area (Å²) in [7, 11) is 3.69. The Morgan fingerprint density at radius 2 is 2.00 bits per heavy atom. The fourth-order valence-electron chi connectivity index (χ4n) is 2.28. The minimum atomic E-state index is -0.352. The van der Waals surface area contributed by atoms with E-state index in [-0.39, 0.29) is 17.9 Å². The number of carbonyl (C=O) groups excluding carboxylic acids is 2. The Kier molecular flexibility index (Phi) is 2.75. The maximum absolute atomic E-state index is 12.2. The number of carbonyl (C=O) groups is 2. The third kappa shape index (κ3) is 1.74. The van der Waals surface area contributed by atoms with Gasteiger partial charge in [0, 0.05) is 12.5 Å². The maximum Gasteiger partial charge on any atom is 0.255 e. The van der Waals surface area contributed by atoms with Gasteiger partial charge in [0.2, 0.25) is 5.91 Å². The Morgan fingerprint density at radius 3 is 2.53 bits per heavy atom. The van der Waals surface area contributed by atoms with Crippen LogP contribution in [0.1, 0.15) is 24.1 Å². The molecule has 1 aromatic carbocycles. The van der Waals surface area contributed by atoms with E-state index >= 15 is 0 Å². The molecule has 4 heteroatoms. The number of aryl methyl sites for hydroxylation is 1. The van der Waals surface area contributed by atoms with Crippen molar-refractivity contribution in [3.8, 4) is 0 Å². The van der Waals surface area contributed by atoms with Crippen molar-refractivity contribution in [1.29, 1.82) is 0 Å². The van der Waals surface area contributed by atoms with Gasteiger partial charge < -0.3 is 0 Å². The van der Waals surface area contributed by atoms with Gasteiger partial charge in [-0.05, 0) is 32.6 Å². The molecule has 2 amide bonds. The Bertz CT molecular complexity index is 494. The summed E-state index contributed by atoms with van der Waals surface area (Å²) in [5.41, 5.74) is 2.67. The summed E-state index contributed by atoms with van der Waals surface area (Å²) in [6, 6.07) is 5.43. The van der Waals surface area contributed by atoms with E-state index in [4.69, 9.17) is 0 Å². The fourth-order valence-corrected chi connectivity index (χ4v) is 2.28. The lowest BCUT2D eigenvalue weighted by molar-refractivity contribution is -0.127. The van der Waals surface area contributed by atoms with Crippen LogP contribution in [0.2, 0.25) is 0 Å². The first-order chi connectivity index (χ1) is 7.93. The second-order valence-corrected chi connectivity index (χ2v) is 4.62. The van der Waals surface area contributed by atoms with Gasteiger partial charge in [-0.3, -0.25) is 14.5 Å². The van der Waals surface area contributed by atoms with Crippen molar-refractivity contribution in [1.82, 2.24) is 4.90 Å². The molecule has 0 aliphatic carbocycles. The molecule has 1 aromatic rings. The summed E-state index contributed by atoms with van der Waals surface area (Å²) in [6.07, 6.45) is 0. The molecule has 90 valence electrons. The van der Waals surface area contributed by atoms with E-state index in [0.717, 1.165) is 16.8 Å². The van der Waals surface area contributed by atoms with E-state index in [0.29, 0.717) is 0 Å². The van der Waals surface area contributed by atoms with Crippen molar-refractivity contribution in [3.63, 3.8) is 0 Å². The number of nitrogens with zero attached hydrogens (tertiary/aromatic N) is 2. The van der Waals surface area contributed by atoms with Gasteiger partial charge in [-0.15, -0.1) is 0 Å². The highest BCUT2D eigenvalue weighted by Crippen LogP contribution is 2.38. The standard InChI is InChI=1S/C13H16N2O2/c1-8-5-6-10-11(7-8)15(9(2)16)13(17)12(10)14(3)4/h5-7,12H,1-4H3. The number of likely N-dealkylation sites (N-methyl/N-ethyl adjacent to an activating group) is 1. The molecule has 0 fully saturated rings. The number of anilines is 1. The molecule has 1 atom stereocenters. The van der Waals surface area contributed by atoms with Gasteiger partial charge in [0.05, 0.1) is 5.69 Å². The molecule has 0 saturated carbocycles. The third-order valence-corrected chi connectivity index (χ3v) is 3.01. The summed E-state index contributed by atoms with van der Waals surface area (Å²) in [5, 5.41) is 0. The predicted molar refractivity (Wildman–Crippen MR) is 65.8 cm³/mol. The first kappa shape index (κ1) is 11.8. The Labute approximate surface area is 101 Å². The van der Waals surface area contributed by atoms with E-state index in [1.807, 2.05) is 44.1 Å². The van der Waals surface area contributed by atoms with Crippen LogP contribution in [-0.4, -0.2) is 30.8 Å². The molecule has 2 rings (SSSR count). The van der Waals surface area contributed by atoms with Gasteiger partial charge in [0.1, 0.15) is 6.04 Å². The van der Waals surface area contributed by atoms with Crippen molar-refractivity contribution in [2.75, 3.05) is 19.0 Å². The van der Waals surface area contributed by atoms with Crippen LogP contribution in [0, 0.1) is 6.92 Å². The molecule has 0 spiro atoms. The molecule has 1 aliphatic rings. The minimum absolute atomic E-state index is 0.164. The van der Waals surface area contributed by atoms with Gasteiger partial charge in [-0.25, -0.2) is 4.90 Å². The predicted octanol–water partition coefficient (Wildman–Crippen LogP) is 1.49. The molecule has 0 radical (unpaired) electrons. The zero-order valence-electron chi connectivity index (χ0n) is 10.5. The van der Waals surface area contributed by atoms with Crippen LogP contribution in [0.4, 0.5) is 5.69 Å². The molecule has 4 nitrogen and oxygen atoms in total. The molecule has 0 saturated heterocycles. The van der Waals surface area contributed by atoms with Gasteiger partial charge >= 0.3 is 0 Å². The van der Waals surface area contributed by atoms with Crippen molar-refractivity contribution in [3.05, 3.63) is 29.3 Å². The topological polar surface area (TPSA) is 40.6 Å². The van der Waals surface area contributed by atoms with Crippen molar-refractivity contribution >= 4 is 17.5 Å². The van der Waals surface area contributed by atoms with E-state index in [9.17, 15) is 9.59 Å². The Morgan fingerprint density at radius 1 is 1.35 bits per heavy atom. The zero-order valence-corrected chi connectivity index (χ0v) is 10.5. The number of hydrogen-bond acceptors (Lipinski definition) is 3. The van der Waals surface area contributed by atoms with Gasteiger partial charge in [-0.1, -0.05) is 12.1 Å². The summed E-state index contributed by atoms with van der Waals surface area (Å²) in [5.74, 6) is -0.394. The first-order valence-electron chi connectivity index (χ1n) is 5.55. The minimum Gasteiger partial charge on any atom is -0.294 e. The van der Waals surface area contributed by atoms with Gasteiger partial charge in [-0.2, -0.15) is 0 Å². The van der Waals surface area contributed by atoms with Crippen LogP contribution in [0.25, 0.3) is 0 Å². The highest BCUT2D eigenvalue weighted by atomic mass is 16.2. The SMILES string of the molecule is CC(=O)N1C(=O)C(N(C)C)c2ccc(C)cc21. The number of imide groups is 1. The van der Waals surface area contributed by atoms with Crippen LogP contribution in [0.5, 0.6) is 0 Å². The highest BCUT2D eigenvalue weighted by molar-refractivity contribution is 6.20. The average molecular weight is 232 g/mol. The van der Waals surface area contributed by atoms with Gasteiger partial charge in [0.25, 0.3) is 5.91 Å². The third-order valence-electron chi connectivity index (χ3n) is 3.01. The Balaban J connectivity index is 2.61. The smallest absolute Gasteiger partial charge is 0.255 e. The van der Waals surface area contributed by atoms with E-state index in [2.05, 4.69) is 0 Å². The quantitative estimate of drug-likeness (QED) is 0.736. The van der Waals surface area contributed by atoms with Crippen LogP contribution >= 0.6 is 0 Å². The number of hydrogen-bond donors (Lipinski definition) is 0. The normalized spacial score (nSPS) is 18.8. The average Bonchev–Trinajstić information content (AvgIpc) is 2.48. The summed E-state index contributed by atoms with van der Waals surface area (Å²) >= 11 is 0. The van der Waals surface area contributed by atoms with Crippen LogP contribution in [0.15, 0.2) is 18.2 Å². The fraction of sp³-hybridized carbons (Fsp3) is 0.385. The van der Waals surface area contributed by atoms with E-state index < -0.39 is 0 Å². The first-order valence-corrected chi connectivity index (χ1v) is 5.55. The molecule has 0 aromatic heterocycles. The van der Waals surface area contributed by atoms with Crippen molar-refractivity contribution < 1.29 is 9.59 Å². The number of fused-ring (bicyclic) bond motifs is 1. The molecule has 0 N–H and O–H groups in total. The molecular formula is C13H16N2O2. The second-order valence-electron chi connectivity index (χ2n) is 4.62. The summed E-state index contributed by atoms with van der Waals surface area (Å²) in [6.45, 7) is 3.37. The molecular weight excluding hydrogens is 216 g/mol. The largest absolute Gasteiger partial charge is 0.294 e. The summed E-state index contributed by atoms with van der Waals surface area (Å²) in [4.78, 5) is 26.9. The lowest BCUT2D eigenvalue weighted by atomic mass is 10.1. The monoisotopic (exact) mass is 232 g/mol. The summed E-state index contributed by atoms with van der Waals surface area (Å²) < 4.78 is 0. The lowest BCUT2D eigenvalue weighted by Gasteiger charge is -2.18. The zero-order chi connectivity index (χ0) is 12.7. The van der Waals surface area contributed by atoms with Crippen LogP contribution < -0.4 is 4.90 Å². The van der Waals surface area contributed by atoms with Crippen LogP contribution in [-0.2, 0) is 9.59 Å². The molecule has 17 heavy (non-hydrogen) atoms.